The Balaban J connectivity index is 1.35. The third-order valence-electron chi connectivity index (χ3n) is 7.29. The average molecular weight is 461 g/mol. The lowest BCUT2D eigenvalue weighted by atomic mass is 10.0. The molecule has 0 spiro atoms. The summed E-state index contributed by atoms with van der Waals surface area (Å²) < 4.78 is 5.45. The van der Waals surface area contributed by atoms with Gasteiger partial charge in [-0.25, -0.2) is 9.97 Å². The first-order valence-electron chi connectivity index (χ1n) is 12.2. The number of fused-ring (bicyclic) bond motifs is 2. The first-order chi connectivity index (χ1) is 16.6. The fraction of sp³-hybridized carbons (Fsp3) is 0.444. The quantitative estimate of drug-likeness (QED) is 0.561. The van der Waals surface area contributed by atoms with Crippen molar-refractivity contribution in [2.75, 3.05) is 26.3 Å². The Bertz CT molecular complexity index is 1150. The fourth-order valence-corrected chi connectivity index (χ4v) is 5.47. The standard InChI is InChI=1S/C27H32N4O3/c1-3-34-26-9-8-18(13-28-26)25-12-23(22-6-4-5-7-24(22)30-25)27(33)29-21-10-19-14-31(17(2)16-32)15-20(19)11-21/h4-9,12-13,17,19-21,32H,3,10-11,14-16H2,1-2H3,(H,29,33)/t17-,19-,20+,21?/m0/s1. The van der Waals surface area contributed by atoms with Crippen LogP contribution in [0.2, 0.25) is 0 Å². The Morgan fingerprint density at radius 2 is 1.97 bits per heavy atom. The van der Waals surface area contributed by atoms with Crippen molar-refractivity contribution < 1.29 is 14.6 Å². The molecule has 1 aliphatic heterocycles. The van der Waals surface area contributed by atoms with Gasteiger partial charge in [0.1, 0.15) is 0 Å². The molecule has 1 saturated carbocycles. The number of nitrogens with zero attached hydrogens (tertiary/aromatic N) is 3. The van der Waals surface area contributed by atoms with Gasteiger partial charge < -0.3 is 15.2 Å². The number of benzene rings is 1. The Kier molecular flexibility index (Phi) is 6.48. The van der Waals surface area contributed by atoms with Gasteiger partial charge in [-0.3, -0.25) is 9.69 Å². The zero-order valence-corrected chi connectivity index (χ0v) is 19.8. The van der Waals surface area contributed by atoms with E-state index in [-0.39, 0.29) is 24.6 Å². The average Bonchev–Trinajstić information content (AvgIpc) is 3.42. The molecule has 1 aliphatic carbocycles. The van der Waals surface area contributed by atoms with Gasteiger partial charge in [0.2, 0.25) is 5.88 Å². The van der Waals surface area contributed by atoms with E-state index in [4.69, 9.17) is 9.72 Å². The van der Waals surface area contributed by atoms with E-state index >= 15 is 0 Å². The Morgan fingerprint density at radius 1 is 1.21 bits per heavy atom. The van der Waals surface area contributed by atoms with Crippen LogP contribution >= 0.6 is 0 Å². The molecule has 2 aliphatic rings. The number of rotatable bonds is 7. The van der Waals surface area contributed by atoms with Gasteiger partial charge in [-0.2, -0.15) is 0 Å². The predicted octanol–water partition coefficient (Wildman–Crippen LogP) is 3.52. The molecular formula is C27H32N4O3. The summed E-state index contributed by atoms with van der Waals surface area (Å²) in [5, 5.41) is 13.6. The van der Waals surface area contributed by atoms with E-state index in [0.29, 0.717) is 29.9 Å². The molecule has 2 N–H and O–H groups in total. The molecule has 7 nitrogen and oxygen atoms in total. The number of carbonyl (C=O) groups excluding carboxylic acids is 1. The van der Waals surface area contributed by atoms with Gasteiger partial charge in [0.05, 0.1) is 30.0 Å². The molecule has 2 fully saturated rings. The van der Waals surface area contributed by atoms with E-state index in [0.717, 1.165) is 48.1 Å². The lowest BCUT2D eigenvalue weighted by molar-refractivity contribution is 0.0935. The minimum absolute atomic E-state index is 0.0516. The highest BCUT2D eigenvalue weighted by Gasteiger charge is 2.42. The van der Waals surface area contributed by atoms with E-state index in [2.05, 4.69) is 22.1 Å². The van der Waals surface area contributed by atoms with Gasteiger partial charge in [-0.1, -0.05) is 18.2 Å². The van der Waals surface area contributed by atoms with Gasteiger partial charge in [0, 0.05) is 48.4 Å². The van der Waals surface area contributed by atoms with E-state index in [1.807, 2.05) is 49.4 Å². The molecule has 0 bridgehead atoms. The monoisotopic (exact) mass is 460 g/mol. The number of para-hydroxylation sites is 1. The predicted molar refractivity (Wildman–Crippen MR) is 132 cm³/mol. The summed E-state index contributed by atoms with van der Waals surface area (Å²) >= 11 is 0. The number of aromatic nitrogens is 2. The van der Waals surface area contributed by atoms with Crippen molar-refractivity contribution in [2.45, 2.75) is 38.8 Å². The molecule has 1 aromatic carbocycles. The molecule has 1 amide bonds. The minimum Gasteiger partial charge on any atom is -0.478 e. The second kappa shape index (κ2) is 9.68. The summed E-state index contributed by atoms with van der Waals surface area (Å²) in [6.07, 6.45) is 3.72. The first kappa shape index (κ1) is 22.7. The topological polar surface area (TPSA) is 87.6 Å². The number of hydrogen-bond acceptors (Lipinski definition) is 6. The number of pyridine rings is 2. The maximum absolute atomic E-state index is 13.5. The molecule has 0 radical (unpaired) electrons. The first-order valence-corrected chi connectivity index (χ1v) is 12.2. The van der Waals surface area contributed by atoms with E-state index < -0.39 is 0 Å². The number of aliphatic hydroxyl groups excluding tert-OH is 1. The van der Waals surface area contributed by atoms with Crippen LogP contribution in [0.25, 0.3) is 22.2 Å². The van der Waals surface area contributed by atoms with Crippen molar-refractivity contribution in [3.63, 3.8) is 0 Å². The molecule has 3 heterocycles. The summed E-state index contributed by atoms with van der Waals surface area (Å²) in [6, 6.07) is 13.8. The van der Waals surface area contributed by atoms with Gasteiger partial charge in [0.25, 0.3) is 5.91 Å². The van der Waals surface area contributed by atoms with Gasteiger partial charge in [-0.05, 0) is 56.7 Å². The summed E-state index contributed by atoms with van der Waals surface area (Å²) in [4.78, 5) is 25.0. The minimum atomic E-state index is -0.0516. The highest BCUT2D eigenvalue weighted by molar-refractivity contribution is 6.07. The maximum atomic E-state index is 13.5. The van der Waals surface area contributed by atoms with Crippen LogP contribution in [0, 0.1) is 11.8 Å². The lowest BCUT2D eigenvalue weighted by Crippen LogP contribution is -2.37. The number of nitrogens with one attached hydrogen (secondary N) is 1. The Hall–Kier alpha value is -3.03. The highest BCUT2D eigenvalue weighted by atomic mass is 16.5. The summed E-state index contributed by atoms with van der Waals surface area (Å²) in [5.41, 5.74) is 2.99. The zero-order valence-electron chi connectivity index (χ0n) is 19.8. The number of aliphatic hydroxyl groups is 1. The van der Waals surface area contributed by atoms with Crippen LogP contribution in [0.15, 0.2) is 48.7 Å². The fourth-order valence-electron chi connectivity index (χ4n) is 5.47. The number of likely N-dealkylation sites (tertiary alicyclic amines) is 1. The third-order valence-corrected chi connectivity index (χ3v) is 7.29. The molecule has 2 aromatic heterocycles. The Morgan fingerprint density at radius 3 is 2.65 bits per heavy atom. The van der Waals surface area contributed by atoms with Gasteiger partial charge >= 0.3 is 0 Å². The Labute approximate surface area is 200 Å². The molecule has 178 valence electrons. The molecular weight excluding hydrogens is 428 g/mol. The van der Waals surface area contributed by atoms with E-state index in [1.165, 1.54) is 0 Å². The summed E-state index contributed by atoms with van der Waals surface area (Å²) in [7, 11) is 0. The van der Waals surface area contributed by atoms with Gasteiger partial charge in [0.15, 0.2) is 0 Å². The van der Waals surface area contributed by atoms with E-state index in [9.17, 15) is 9.90 Å². The van der Waals surface area contributed by atoms with Crippen molar-refractivity contribution in [3.8, 4) is 17.1 Å². The molecule has 7 heteroatoms. The smallest absolute Gasteiger partial charge is 0.252 e. The van der Waals surface area contributed by atoms with Crippen molar-refractivity contribution in [1.29, 1.82) is 0 Å². The van der Waals surface area contributed by atoms with Crippen LogP contribution < -0.4 is 10.1 Å². The summed E-state index contributed by atoms with van der Waals surface area (Å²) in [6.45, 7) is 6.77. The van der Waals surface area contributed by atoms with Crippen LogP contribution in [0.4, 0.5) is 0 Å². The number of amides is 1. The van der Waals surface area contributed by atoms with Crippen molar-refractivity contribution in [3.05, 3.63) is 54.2 Å². The third kappa shape index (κ3) is 4.50. The zero-order chi connectivity index (χ0) is 23.7. The number of carbonyl (C=O) groups is 1. The van der Waals surface area contributed by atoms with E-state index in [1.54, 1.807) is 6.20 Å². The maximum Gasteiger partial charge on any atom is 0.252 e. The van der Waals surface area contributed by atoms with Crippen LogP contribution in [-0.2, 0) is 0 Å². The van der Waals surface area contributed by atoms with Crippen molar-refractivity contribution >= 4 is 16.8 Å². The number of hydrogen-bond donors (Lipinski definition) is 2. The highest BCUT2D eigenvalue weighted by Crippen LogP contribution is 2.39. The SMILES string of the molecule is CCOc1ccc(-c2cc(C(=O)NC3C[C@@H]4CN([C@@H](C)CO)C[C@@H]4C3)c3ccccc3n2)cn1. The van der Waals surface area contributed by atoms with Crippen LogP contribution in [0.1, 0.15) is 37.0 Å². The molecule has 5 rings (SSSR count). The molecule has 34 heavy (non-hydrogen) atoms. The van der Waals surface area contributed by atoms with Crippen LogP contribution in [0.5, 0.6) is 5.88 Å². The van der Waals surface area contributed by atoms with Crippen molar-refractivity contribution in [2.24, 2.45) is 11.8 Å². The largest absolute Gasteiger partial charge is 0.478 e. The van der Waals surface area contributed by atoms with Crippen LogP contribution in [-0.4, -0.2) is 64.3 Å². The second-order valence-corrected chi connectivity index (χ2v) is 9.54. The van der Waals surface area contributed by atoms with Crippen molar-refractivity contribution in [1.82, 2.24) is 20.2 Å². The van der Waals surface area contributed by atoms with Gasteiger partial charge in [-0.15, -0.1) is 0 Å². The second-order valence-electron chi connectivity index (χ2n) is 9.54. The molecule has 4 atom stereocenters. The lowest BCUT2D eigenvalue weighted by Gasteiger charge is -2.24. The molecule has 1 unspecified atom stereocenters. The molecule has 1 saturated heterocycles. The van der Waals surface area contributed by atoms with Crippen LogP contribution in [0.3, 0.4) is 0 Å². The summed E-state index contributed by atoms with van der Waals surface area (Å²) in [5.74, 6) is 1.69. The molecule has 3 aromatic rings. The number of ether oxygens (including phenoxy) is 1. The normalized spacial score (nSPS) is 23.1.